The minimum Gasteiger partial charge on any atom is -0.467 e. The predicted molar refractivity (Wildman–Crippen MR) is 64.8 cm³/mol. The summed E-state index contributed by atoms with van der Waals surface area (Å²) < 4.78 is 19.1. The molecule has 0 saturated carbocycles. The molecule has 1 atom stereocenters. The molecule has 2 aromatic rings. The Labute approximate surface area is 102 Å². The number of halogens is 2. The topological polar surface area (TPSA) is 25.2 Å². The molecule has 2 nitrogen and oxygen atoms in total. The van der Waals surface area contributed by atoms with Gasteiger partial charge in [0.2, 0.25) is 0 Å². The summed E-state index contributed by atoms with van der Waals surface area (Å²) in [6, 6.07) is 8.23. The first-order chi connectivity index (χ1) is 7.66. The molecule has 2 rings (SSSR count). The van der Waals surface area contributed by atoms with Crippen LogP contribution in [0.2, 0.25) is 0 Å². The zero-order valence-corrected chi connectivity index (χ0v) is 10.3. The van der Waals surface area contributed by atoms with Crippen LogP contribution in [0.3, 0.4) is 0 Å². The lowest BCUT2D eigenvalue weighted by Gasteiger charge is -2.14. The molecular formula is C12H11BrFNO. The average molecular weight is 284 g/mol. The number of anilines is 1. The maximum absolute atomic E-state index is 13.1. The summed E-state index contributed by atoms with van der Waals surface area (Å²) >= 11 is 3.36. The van der Waals surface area contributed by atoms with Gasteiger partial charge in [-0.25, -0.2) is 4.39 Å². The molecule has 1 heterocycles. The summed E-state index contributed by atoms with van der Waals surface area (Å²) in [5.74, 6) is 0.550. The third kappa shape index (κ3) is 2.44. The van der Waals surface area contributed by atoms with Crippen molar-refractivity contribution in [3.05, 3.63) is 52.6 Å². The first-order valence-corrected chi connectivity index (χ1v) is 5.71. The van der Waals surface area contributed by atoms with Gasteiger partial charge in [-0.05, 0) is 53.2 Å². The molecule has 0 saturated heterocycles. The van der Waals surface area contributed by atoms with Gasteiger partial charge in [-0.3, -0.25) is 0 Å². The van der Waals surface area contributed by atoms with E-state index in [0.29, 0.717) is 5.69 Å². The maximum atomic E-state index is 13.1. The van der Waals surface area contributed by atoms with Gasteiger partial charge in [0.05, 0.1) is 18.0 Å². The van der Waals surface area contributed by atoms with Gasteiger partial charge in [-0.1, -0.05) is 0 Å². The van der Waals surface area contributed by atoms with Gasteiger partial charge in [-0.15, -0.1) is 0 Å². The molecule has 4 heteroatoms. The van der Waals surface area contributed by atoms with Crippen LogP contribution in [0.25, 0.3) is 0 Å². The van der Waals surface area contributed by atoms with Crippen molar-refractivity contribution >= 4 is 21.6 Å². The first-order valence-electron chi connectivity index (χ1n) is 4.92. The van der Waals surface area contributed by atoms with Crippen molar-refractivity contribution < 1.29 is 8.81 Å². The van der Waals surface area contributed by atoms with E-state index in [2.05, 4.69) is 21.2 Å². The Kier molecular flexibility index (Phi) is 3.29. The second kappa shape index (κ2) is 4.70. The Balaban J connectivity index is 2.17. The molecule has 0 spiro atoms. The van der Waals surface area contributed by atoms with Gasteiger partial charge in [0.25, 0.3) is 0 Å². The maximum Gasteiger partial charge on any atom is 0.125 e. The molecule has 16 heavy (non-hydrogen) atoms. The van der Waals surface area contributed by atoms with Crippen molar-refractivity contribution in [1.29, 1.82) is 0 Å². The van der Waals surface area contributed by atoms with Gasteiger partial charge in [0, 0.05) is 4.47 Å². The van der Waals surface area contributed by atoms with Crippen molar-refractivity contribution in [1.82, 2.24) is 0 Å². The Bertz CT molecular complexity index is 470. The van der Waals surface area contributed by atoms with Gasteiger partial charge in [0.15, 0.2) is 0 Å². The van der Waals surface area contributed by atoms with Crippen LogP contribution in [-0.4, -0.2) is 0 Å². The van der Waals surface area contributed by atoms with E-state index >= 15 is 0 Å². The zero-order valence-electron chi connectivity index (χ0n) is 8.71. The van der Waals surface area contributed by atoms with Crippen molar-refractivity contribution in [3.8, 4) is 0 Å². The van der Waals surface area contributed by atoms with Crippen LogP contribution in [-0.2, 0) is 0 Å². The number of hydrogen-bond donors (Lipinski definition) is 1. The van der Waals surface area contributed by atoms with E-state index in [1.807, 2.05) is 19.1 Å². The highest BCUT2D eigenvalue weighted by molar-refractivity contribution is 9.10. The smallest absolute Gasteiger partial charge is 0.125 e. The summed E-state index contributed by atoms with van der Waals surface area (Å²) in [5, 5.41) is 3.17. The van der Waals surface area contributed by atoms with Gasteiger partial charge >= 0.3 is 0 Å². The molecule has 84 valence electrons. The second-order valence-electron chi connectivity index (χ2n) is 3.51. The number of nitrogens with one attached hydrogen (secondary N) is 1. The minimum absolute atomic E-state index is 0.00639. The van der Waals surface area contributed by atoms with Crippen LogP contribution < -0.4 is 5.32 Å². The number of benzene rings is 1. The molecule has 1 unspecified atom stereocenters. The second-order valence-corrected chi connectivity index (χ2v) is 4.36. The fourth-order valence-corrected chi connectivity index (χ4v) is 1.81. The first kappa shape index (κ1) is 11.2. The predicted octanol–water partition coefficient (Wildman–Crippen LogP) is 4.35. The largest absolute Gasteiger partial charge is 0.467 e. The zero-order chi connectivity index (χ0) is 11.5. The Hall–Kier alpha value is -1.29. The summed E-state index contributed by atoms with van der Waals surface area (Å²) in [4.78, 5) is 0. The highest BCUT2D eigenvalue weighted by Gasteiger charge is 2.10. The van der Waals surface area contributed by atoms with Gasteiger partial charge < -0.3 is 9.73 Å². The van der Waals surface area contributed by atoms with Crippen molar-refractivity contribution in [2.75, 3.05) is 5.32 Å². The van der Waals surface area contributed by atoms with Crippen LogP contribution in [0.1, 0.15) is 18.7 Å². The van der Waals surface area contributed by atoms with E-state index in [9.17, 15) is 4.39 Å². The molecule has 0 fully saturated rings. The number of furan rings is 1. The summed E-state index contributed by atoms with van der Waals surface area (Å²) in [7, 11) is 0. The SMILES string of the molecule is CC(Nc1cc(F)ccc1Br)c1ccco1. The van der Waals surface area contributed by atoms with E-state index in [0.717, 1.165) is 10.2 Å². The molecule has 0 aliphatic rings. The molecular weight excluding hydrogens is 273 g/mol. The standard InChI is InChI=1S/C12H11BrFNO/c1-8(12-3-2-6-16-12)15-11-7-9(14)4-5-10(11)13/h2-8,15H,1H3. The van der Waals surface area contributed by atoms with Crippen molar-refractivity contribution in [3.63, 3.8) is 0 Å². The number of rotatable bonds is 3. The Morgan fingerprint density at radius 1 is 1.38 bits per heavy atom. The highest BCUT2D eigenvalue weighted by atomic mass is 79.9. The highest BCUT2D eigenvalue weighted by Crippen LogP contribution is 2.27. The van der Waals surface area contributed by atoms with Crippen LogP contribution >= 0.6 is 15.9 Å². The molecule has 0 aliphatic carbocycles. The van der Waals surface area contributed by atoms with Crippen LogP contribution in [0, 0.1) is 5.82 Å². The van der Waals surface area contributed by atoms with Crippen LogP contribution in [0.4, 0.5) is 10.1 Å². The normalized spacial score (nSPS) is 12.4. The fraction of sp³-hybridized carbons (Fsp3) is 0.167. The molecule has 0 amide bonds. The lowest BCUT2D eigenvalue weighted by Crippen LogP contribution is -2.06. The van der Waals surface area contributed by atoms with E-state index in [1.54, 1.807) is 12.3 Å². The minimum atomic E-state index is -0.266. The van der Waals surface area contributed by atoms with E-state index in [4.69, 9.17) is 4.42 Å². The van der Waals surface area contributed by atoms with Crippen molar-refractivity contribution in [2.45, 2.75) is 13.0 Å². The summed E-state index contributed by atoms with van der Waals surface area (Å²) in [6.07, 6.45) is 1.62. The molecule has 1 aromatic heterocycles. The lowest BCUT2D eigenvalue weighted by molar-refractivity contribution is 0.490. The van der Waals surface area contributed by atoms with E-state index < -0.39 is 0 Å². The molecule has 0 aliphatic heterocycles. The fourth-order valence-electron chi connectivity index (χ4n) is 1.45. The summed E-state index contributed by atoms with van der Waals surface area (Å²) in [6.45, 7) is 1.95. The third-order valence-electron chi connectivity index (χ3n) is 2.27. The van der Waals surface area contributed by atoms with Gasteiger partial charge in [-0.2, -0.15) is 0 Å². The van der Waals surface area contributed by atoms with E-state index in [-0.39, 0.29) is 11.9 Å². The summed E-state index contributed by atoms with van der Waals surface area (Å²) in [5.41, 5.74) is 0.712. The Morgan fingerprint density at radius 3 is 2.88 bits per heavy atom. The van der Waals surface area contributed by atoms with Crippen LogP contribution in [0.15, 0.2) is 45.5 Å². The quantitative estimate of drug-likeness (QED) is 0.906. The molecule has 0 bridgehead atoms. The monoisotopic (exact) mass is 283 g/mol. The lowest BCUT2D eigenvalue weighted by atomic mass is 10.2. The molecule has 0 radical (unpaired) electrons. The van der Waals surface area contributed by atoms with Crippen LogP contribution in [0.5, 0.6) is 0 Å². The average Bonchev–Trinajstić information content (AvgIpc) is 2.76. The van der Waals surface area contributed by atoms with E-state index in [1.165, 1.54) is 12.1 Å². The molecule has 1 N–H and O–H groups in total. The van der Waals surface area contributed by atoms with Crippen molar-refractivity contribution in [2.24, 2.45) is 0 Å². The number of hydrogen-bond acceptors (Lipinski definition) is 2. The Morgan fingerprint density at radius 2 is 2.19 bits per heavy atom. The van der Waals surface area contributed by atoms with Gasteiger partial charge in [0.1, 0.15) is 11.6 Å². The third-order valence-corrected chi connectivity index (χ3v) is 2.96. The molecule has 1 aromatic carbocycles.